The normalized spacial score (nSPS) is 15.2. The molecule has 0 saturated heterocycles. The first-order valence-electron chi connectivity index (χ1n) is 6.85. The summed E-state index contributed by atoms with van der Waals surface area (Å²) in [5.74, 6) is 1.35. The maximum Gasteiger partial charge on any atom is 0.0459 e. The van der Waals surface area contributed by atoms with E-state index < -0.39 is 0 Å². The molecule has 1 heteroatoms. The second kappa shape index (κ2) is 10.5. The molecule has 0 aromatic carbocycles. The third-order valence-electron chi connectivity index (χ3n) is 3.26. The van der Waals surface area contributed by atoms with E-state index in [4.69, 9.17) is 0 Å². The van der Waals surface area contributed by atoms with E-state index in [1.54, 1.807) is 0 Å². The van der Waals surface area contributed by atoms with Crippen LogP contribution in [0.15, 0.2) is 0 Å². The van der Waals surface area contributed by atoms with Crippen molar-refractivity contribution in [2.24, 2.45) is 11.8 Å². The van der Waals surface area contributed by atoms with Crippen LogP contribution >= 0.6 is 0 Å². The van der Waals surface area contributed by atoms with E-state index in [-0.39, 0.29) is 0 Å². The first kappa shape index (κ1) is 15.0. The van der Waals surface area contributed by atoms with Gasteiger partial charge in [0.05, 0.1) is 0 Å². The summed E-state index contributed by atoms with van der Waals surface area (Å²) < 4.78 is 0. The van der Waals surface area contributed by atoms with Crippen molar-refractivity contribution in [3.8, 4) is 0 Å². The summed E-state index contributed by atoms with van der Waals surface area (Å²) in [7, 11) is 0. The highest BCUT2D eigenvalue weighted by Crippen LogP contribution is 2.21. The lowest BCUT2D eigenvalue weighted by atomic mass is 9.89. The number of unbranched alkanes of at least 4 members (excludes halogenated alkanes) is 3. The number of aliphatic hydroxyl groups excluding tert-OH is 1. The molecule has 92 valence electrons. The lowest BCUT2D eigenvalue weighted by molar-refractivity contribution is 0.189. The standard InChI is InChI=1S/C14H30O/c1-4-6-8-10-14(12-15)11-13(3)9-7-5-2/h13-15H,4-12H2,1-3H3. The van der Waals surface area contributed by atoms with Crippen molar-refractivity contribution < 1.29 is 5.11 Å². The molecule has 0 spiro atoms. The van der Waals surface area contributed by atoms with Gasteiger partial charge in [-0.05, 0) is 24.7 Å². The molecule has 1 nitrogen and oxygen atoms in total. The van der Waals surface area contributed by atoms with Gasteiger partial charge in [0, 0.05) is 6.61 Å². The van der Waals surface area contributed by atoms with Crippen molar-refractivity contribution in [2.75, 3.05) is 6.61 Å². The molecule has 2 unspecified atom stereocenters. The number of rotatable bonds is 10. The number of hydrogen-bond donors (Lipinski definition) is 1. The largest absolute Gasteiger partial charge is 0.396 e. The van der Waals surface area contributed by atoms with Gasteiger partial charge in [-0.2, -0.15) is 0 Å². The van der Waals surface area contributed by atoms with Crippen molar-refractivity contribution in [2.45, 2.75) is 72.1 Å². The lowest BCUT2D eigenvalue weighted by Crippen LogP contribution is -2.11. The molecule has 1 N–H and O–H groups in total. The van der Waals surface area contributed by atoms with E-state index in [0.717, 1.165) is 5.92 Å². The van der Waals surface area contributed by atoms with E-state index >= 15 is 0 Å². The Hall–Kier alpha value is -0.0400. The fourth-order valence-corrected chi connectivity index (χ4v) is 2.21. The molecule has 0 aliphatic rings. The van der Waals surface area contributed by atoms with Crippen molar-refractivity contribution in [3.63, 3.8) is 0 Å². The van der Waals surface area contributed by atoms with Crippen LogP contribution < -0.4 is 0 Å². The third kappa shape index (κ3) is 8.92. The minimum Gasteiger partial charge on any atom is -0.396 e. The fraction of sp³-hybridized carbons (Fsp3) is 1.00. The smallest absolute Gasteiger partial charge is 0.0459 e. The summed E-state index contributed by atoms with van der Waals surface area (Å²) >= 11 is 0. The minimum absolute atomic E-state index is 0.389. The summed E-state index contributed by atoms with van der Waals surface area (Å²) in [5, 5.41) is 9.30. The van der Waals surface area contributed by atoms with Crippen molar-refractivity contribution in [3.05, 3.63) is 0 Å². The predicted molar refractivity (Wildman–Crippen MR) is 68.0 cm³/mol. The molecule has 0 saturated carbocycles. The Morgan fingerprint density at radius 2 is 1.60 bits per heavy atom. The molecule has 0 rings (SSSR count). The predicted octanol–water partition coefficient (Wildman–Crippen LogP) is 4.39. The van der Waals surface area contributed by atoms with Crippen LogP contribution in [0.5, 0.6) is 0 Å². The Bertz CT molecular complexity index is 123. The van der Waals surface area contributed by atoms with Gasteiger partial charge in [0.25, 0.3) is 0 Å². The van der Waals surface area contributed by atoms with Crippen LogP contribution in [0.25, 0.3) is 0 Å². The van der Waals surface area contributed by atoms with Gasteiger partial charge in [-0.15, -0.1) is 0 Å². The Morgan fingerprint density at radius 1 is 0.933 bits per heavy atom. The van der Waals surface area contributed by atoms with E-state index in [1.807, 2.05) is 0 Å². The number of aliphatic hydroxyl groups is 1. The van der Waals surface area contributed by atoms with Crippen LogP contribution in [0.4, 0.5) is 0 Å². The van der Waals surface area contributed by atoms with Crippen LogP contribution in [0.1, 0.15) is 72.1 Å². The van der Waals surface area contributed by atoms with Crippen LogP contribution in [-0.2, 0) is 0 Å². The molecule has 2 atom stereocenters. The average molecular weight is 214 g/mol. The Balaban J connectivity index is 3.57. The average Bonchev–Trinajstić information content (AvgIpc) is 2.25. The van der Waals surface area contributed by atoms with Crippen LogP contribution in [0.2, 0.25) is 0 Å². The summed E-state index contributed by atoms with van der Waals surface area (Å²) in [4.78, 5) is 0. The topological polar surface area (TPSA) is 20.2 Å². The first-order chi connectivity index (χ1) is 7.24. The Morgan fingerprint density at radius 3 is 2.13 bits per heavy atom. The molecule has 0 radical (unpaired) electrons. The molecular weight excluding hydrogens is 184 g/mol. The van der Waals surface area contributed by atoms with E-state index in [2.05, 4.69) is 20.8 Å². The van der Waals surface area contributed by atoms with Gasteiger partial charge in [-0.3, -0.25) is 0 Å². The van der Waals surface area contributed by atoms with Crippen molar-refractivity contribution >= 4 is 0 Å². The van der Waals surface area contributed by atoms with Crippen molar-refractivity contribution in [1.29, 1.82) is 0 Å². The maximum absolute atomic E-state index is 9.30. The Labute approximate surface area is 96.3 Å². The van der Waals surface area contributed by atoms with E-state index in [0.29, 0.717) is 12.5 Å². The summed E-state index contributed by atoms with van der Waals surface area (Å²) in [6.07, 6.45) is 10.3. The SMILES string of the molecule is CCCCCC(CO)CC(C)CCCC. The third-order valence-corrected chi connectivity index (χ3v) is 3.26. The van der Waals surface area contributed by atoms with Crippen LogP contribution in [0.3, 0.4) is 0 Å². The van der Waals surface area contributed by atoms with Crippen LogP contribution in [0, 0.1) is 11.8 Å². The second-order valence-corrected chi connectivity index (χ2v) is 5.03. The summed E-state index contributed by atoms with van der Waals surface area (Å²) in [5.41, 5.74) is 0. The van der Waals surface area contributed by atoms with Crippen molar-refractivity contribution in [1.82, 2.24) is 0 Å². The lowest BCUT2D eigenvalue weighted by Gasteiger charge is -2.18. The number of hydrogen-bond acceptors (Lipinski definition) is 1. The van der Waals surface area contributed by atoms with Gasteiger partial charge in [0.15, 0.2) is 0 Å². The second-order valence-electron chi connectivity index (χ2n) is 5.03. The van der Waals surface area contributed by atoms with E-state index in [1.165, 1.54) is 51.4 Å². The molecule has 0 fully saturated rings. The van der Waals surface area contributed by atoms with Gasteiger partial charge >= 0.3 is 0 Å². The highest BCUT2D eigenvalue weighted by Gasteiger charge is 2.11. The van der Waals surface area contributed by atoms with Gasteiger partial charge in [0.1, 0.15) is 0 Å². The highest BCUT2D eigenvalue weighted by atomic mass is 16.3. The van der Waals surface area contributed by atoms with Gasteiger partial charge < -0.3 is 5.11 Å². The Kier molecular flexibility index (Phi) is 10.4. The van der Waals surface area contributed by atoms with Gasteiger partial charge in [-0.25, -0.2) is 0 Å². The molecule has 0 aromatic rings. The van der Waals surface area contributed by atoms with Gasteiger partial charge in [0.2, 0.25) is 0 Å². The molecule has 0 heterocycles. The molecule has 0 aliphatic heterocycles. The molecule has 0 amide bonds. The minimum atomic E-state index is 0.389. The highest BCUT2D eigenvalue weighted by molar-refractivity contribution is 4.63. The molecule has 15 heavy (non-hydrogen) atoms. The van der Waals surface area contributed by atoms with Crippen LogP contribution in [-0.4, -0.2) is 11.7 Å². The zero-order valence-electron chi connectivity index (χ0n) is 11.0. The molecule has 0 aromatic heterocycles. The molecule has 0 aliphatic carbocycles. The zero-order chi connectivity index (χ0) is 11.5. The molecular formula is C14H30O. The first-order valence-corrected chi connectivity index (χ1v) is 6.85. The summed E-state index contributed by atoms with van der Waals surface area (Å²) in [6.45, 7) is 7.20. The monoisotopic (exact) mass is 214 g/mol. The van der Waals surface area contributed by atoms with Gasteiger partial charge in [-0.1, -0.05) is 59.3 Å². The molecule has 0 bridgehead atoms. The zero-order valence-corrected chi connectivity index (χ0v) is 11.0. The van der Waals surface area contributed by atoms with E-state index in [9.17, 15) is 5.11 Å². The summed E-state index contributed by atoms with van der Waals surface area (Å²) in [6, 6.07) is 0. The quantitative estimate of drug-likeness (QED) is 0.535. The fourth-order valence-electron chi connectivity index (χ4n) is 2.21. The maximum atomic E-state index is 9.30.